The van der Waals surface area contributed by atoms with E-state index in [0.29, 0.717) is 15.2 Å². The van der Waals surface area contributed by atoms with E-state index in [9.17, 15) is 0 Å². The molecule has 3 nitrogen and oxygen atoms in total. The summed E-state index contributed by atoms with van der Waals surface area (Å²) >= 11 is 17.0. The van der Waals surface area contributed by atoms with Gasteiger partial charge in [0, 0.05) is 18.1 Å². The molecule has 0 unspecified atom stereocenters. The monoisotopic (exact) mass is 327 g/mol. The van der Waals surface area contributed by atoms with Crippen molar-refractivity contribution < 1.29 is 0 Å². The maximum absolute atomic E-state index is 6.02. The summed E-state index contributed by atoms with van der Waals surface area (Å²) in [5, 5.41) is 7.82. The molecular weight excluding hydrogens is 313 g/mol. The van der Waals surface area contributed by atoms with E-state index >= 15 is 0 Å². The van der Waals surface area contributed by atoms with Crippen LogP contribution in [0.2, 0.25) is 10.0 Å². The van der Waals surface area contributed by atoms with Crippen LogP contribution in [0.5, 0.6) is 0 Å². The summed E-state index contributed by atoms with van der Waals surface area (Å²) in [7, 11) is 4.02. The molecule has 0 heterocycles. The number of nitrogens with one attached hydrogen (secondary N) is 2. The van der Waals surface area contributed by atoms with Gasteiger partial charge in [0.15, 0.2) is 5.11 Å². The van der Waals surface area contributed by atoms with E-state index < -0.39 is 0 Å². The molecule has 0 spiro atoms. The fraction of sp³-hybridized carbons (Fsp3) is 0.364. The molecule has 1 aromatic carbocycles. The Kier molecular flexibility index (Phi) is 8.65. The number of thiocarbonyl (C=S) groups is 1. The van der Waals surface area contributed by atoms with Gasteiger partial charge in [0.1, 0.15) is 0 Å². The zero-order valence-corrected chi connectivity index (χ0v) is 13.3. The summed E-state index contributed by atoms with van der Waals surface area (Å²) in [6.07, 6.45) is 0. The molecule has 0 amide bonds. The molecule has 0 aliphatic rings. The topological polar surface area (TPSA) is 27.3 Å². The first-order valence-corrected chi connectivity index (χ1v) is 6.30. The van der Waals surface area contributed by atoms with E-state index in [2.05, 4.69) is 15.5 Å². The van der Waals surface area contributed by atoms with E-state index in [1.807, 2.05) is 14.1 Å². The Labute approximate surface area is 129 Å². The van der Waals surface area contributed by atoms with Gasteiger partial charge >= 0.3 is 0 Å². The Morgan fingerprint density at radius 2 is 2.00 bits per heavy atom. The molecule has 0 saturated carbocycles. The van der Waals surface area contributed by atoms with Crippen molar-refractivity contribution in [1.29, 1.82) is 0 Å². The standard InChI is InChI=1S/C11H15Cl2N3S.ClH/c1-16(2)6-5-14-11(17)15-10-4-3-8(12)7-9(10)13;/h3-4,7H,5-6H2,1-2H3,(H2,14,15,17);1H. The molecule has 0 aromatic heterocycles. The Morgan fingerprint density at radius 1 is 1.33 bits per heavy atom. The summed E-state index contributed by atoms with van der Waals surface area (Å²) in [6, 6.07) is 5.23. The lowest BCUT2D eigenvalue weighted by Crippen LogP contribution is -2.34. The fourth-order valence-corrected chi connectivity index (χ4v) is 1.82. The summed E-state index contributed by atoms with van der Waals surface area (Å²) < 4.78 is 0. The van der Waals surface area contributed by atoms with Crippen molar-refractivity contribution in [3.8, 4) is 0 Å². The highest BCUT2D eigenvalue weighted by atomic mass is 35.5. The second-order valence-electron chi connectivity index (χ2n) is 3.81. The van der Waals surface area contributed by atoms with Crippen LogP contribution in [0, 0.1) is 0 Å². The minimum atomic E-state index is 0. The predicted molar refractivity (Wildman–Crippen MR) is 86.5 cm³/mol. The predicted octanol–water partition coefficient (Wildman–Crippen LogP) is 3.26. The zero-order valence-electron chi connectivity index (χ0n) is 10.2. The molecule has 0 bridgehead atoms. The van der Waals surface area contributed by atoms with Crippen LogP contribution in [0.25, 0.3) is 0 Å². The Balaban J connectivity index is 0.00000289. The minimum Gasteiger partial charge on any atom is -0.361 e. The molecule has 0 fully saturated rings. The average Bonchev–Trinajstić information content (AvgIpc) is 2.21. The van der Waals surface area contributed by atoms with Gasteiger partial charge < -0.3 is 15.5 Å². The number of nitrogens with zero attached hydrogens (tertiary/aromatic N) is 1. The first-order chi connectivity index (χ1) is 7.99. The zero-order chi connectivity index (χ0) is 12.8. The van der Waals surface area contributed by atoms with Crippen LogP contribution < -0.4 is 10.6 Å². The number of hydrogen-bond donors (Lipinski definition) is 2. The maximum Gasteiger partial charge on any atom is 0.170 e. The van der Waals surface area contributed by atoms with Crippen molar-refractivity contribution in [3.05, 3.63) is 28.2 Å². The van der Waals surface area contributed by atoms with Gasteiger partial charge in [-0.3, -0.25) is 0 Å². The van der Waals surface area contributed by atoms with E-state index in [0.717, 1.165) is 18.8 Å². The molecular formula is C11H16Cl3N3S. The highest BCUT2D eigenvalue weighted by molar-refractivity contribution is 7.80. The lowest BCUT2D eigenvalue weighted by molar-refractivity contribution is 0.413. The molecule has 102 valence electrons. The first-order valence-electron chi connectivity index (χ1n) is 5.13. The van der Waals surface area contributed by atoms with Crippen molar-refractivity contribution in [2.45, 2.75) is 0 Å². The van der Waals surface area contributed by atoms with Crippen LogP contribution in [0.1, 0.15) is 0 Å². The third-order valence-corrected chi connectivity index (χ3v) is 2.82. The molecule has 18 heavy (non-hydrogen) atoms. The SMILES string of the molecule is CN(C)CCNC(=S)Nc1ccc(Cl)cc1Cl.Cl. The number of hydrogen-bond acceptors (Lipinski definition) is 2. The third-order valence-electron chi connectivity index (χ3n) is 2.02. The summed E-state index contributed by atoms with van der Waals surface area (Å²) in [6.45, 7) is 1.69. The number of benzene rings is 1. The number of halogens is 3. The van der Waals surface area contributed by atoms with Gasteiger partial charge in [-0.05, 0) is 44.5 Å². The molecule has 0 saturated heterocycles. The van der Waals surface area contributed by atoms with E-state index in [-0.39, 0.29) is 12.4 Å². The summed E-state index contributed by atoms with van der Waals surface area (Å²) in [5.41, 5.74) is 0.749. The Hall–Kier alpha value is -0.260. The van der Waals surface area contributed by atoms with Gasteiger partial charge in [0.25, 0.3) is 0 Å². The molecule has 7 heteroatoms. The Bertz CT molecular complexity index is 399. The van der Waals surface area contributed by atoms with Crippen LogP contribution in [0.4, 0.5) is 5.69 Å². The Morgan fingerprint density at radius 3 is 2.56 bits per heavy atom. The molecule has 2 N–H and O–H groups in total. The molecule has 1 aromatic rings. The van der Waals surface area contributed by atoms with Crippen molar-refractivity contribution in [1.82, 2.24) is 10.2 Å². The van der Waals surface area contributed by atoms with Crippen molar-refractivity contribution in [3.63, 3.8) is 0 Å². The van der Waals surface area contributed by atoms with Crippen molar-refractivity contribution >= 4 is 58.6 Å². The van der Waals surface area contributed by atoms with E-state index in [4.69, 9.17) is 35.4 Å². The number of likely N-dealkylation sites (N-methyl/N-ethyl adjacent to an activating group) is 1. The van der Waals surface area contributed by atoms with Gasteiger partial charge in [-0.1, -0.05) is 23.2 Å². The normalized spacial score (nSPS) is 9.83. The maximum atomic E-state index is 6.02. The fourth-order valence-electron chi connectivity index (χ4n) is 1.15. The third kappa shape index (κ3) is 6.61. The largest absolute Gasteiger partial charge is 0.361 e. The summed E-state index contributed by atoms with van der Waals surface area (Å²) in [4.78, 5) is 2.07. The van der Waals surface area contributed by atoms with Gasteiger partial charge in [-0.25, -0.2) is 0 Å². The second kappa shape index (κ2) is 8.77. The number of rotatable bonds is 4. The average molecular weight is 329 g/mol. The summed E-state index contributed by atoms with van der Waals surface area (Å²) in [5.74, 6) is 0. The molecule has 0 atom stereocenters. The lowest BCUT2D eigenvalue weighted by Gasteiger charge is -2.14. The van der Waals surface area contributed by atoms with Crippen molar-refractivity contribution in [2.75, 3.05) is 32.5 Å². The van der Waals surface area contributed by atoms with Gasteiger partial charge in [-0.15, -0.1) is 12.4 Å². The lowest BCUT2D eigenvalue weighted by atomic mass is 10.3. The minimum absolute atomic E-state index is 0. The van der Waals surface area contributed by atoms with Crippen molar-refractivity contribution in [2.24, 2.45) is 0 Å². The van der Waals surface area contributed by atoms with Crippen LogP contribution in [0.3, 0.4) is 0 Å². The van der Waals surface area contributed by atoms with Crippen LogP contribution >= 0.6 is 47.8 Å². The smallest absolute Gasteiger partial charge is 0.170 e. The second-order valence-corrected chi connectivity index (χ2v) is 5.06. The van der Waals surface area contributed by atoms with E-state index in [1.54, 1.807) is 18.2 Å². The highest BCUT2D eigenvalue weighted by Crippen LogP contribution is 2.25. The highest BCUT2D eigenvalue weighted by Gasteiger charge is 2.03. The molecule has 0 aliphatic carbocycles. The number of anilines is 1. The van der Waals surface area contributed by atoms with Crippen LogP contribution in [-0.2, 0) is 0 Å². The van der Waals surface area contributed by atoms with Gasteiger partial charge in [0.05, 0.1) is 10.7 Å². The molecule has 0 radical (unpaired) electrons. The molecule has 1 rings (SSSR count). The van der Waals surface area contributed by atoms with Gasteiger partial charge in [-0.2, -0.15) is 0 Å². The van der Waals surface area contributed by atoms with Crippen LogP contribution in [0.15, 0.2) is 18.2 Å². The van der Waals surface area contributed by atoms with Gasteiger partial charge in [0.2, 0.25) is 0 Å². The van der Waals surface area contributed by atoms with Crippen LogP contribution in [-0.4, -0.2) is 37.2 Å². The van der Waals surface area contributed by atoms with E-state index in [1.165, 1.54) is 0 Å². The first kappa shape index (κ1) is 17.7. The molecule has 0 aliphatic heterocycles. The quantitative estimate of drug-likeness (QED) is 0.830.